The summed E-state index contributed by atoms with van der Waals surface area (Å²) in [7, 11) is 0. The molecule has 0 aliphatic heterocycles. The predicted molar refractivity (Wildman–Crippen MR) is 43.1 cm³/mol. The highest BCUT2D eigenvalue weighted by atomic mass is 35.5. The molecule has 3 nitrogen and oxygen atoms in total. The third kappa shape index (κ3) is 1.41. The van der Waals surface area contributed by atoms with Crippen molar-refractivity contribution in [1.29, 1.82) is 5.26 Å². The van der Waals surface area contributed by atoms with E-state index in [-0.39, 0.29) is 5.69 Å². The minimum absolute atomic E-state index is 0.176. The zero-order chi connectivity index (χ0) is 8.43. The van der Waals surface area contributed by atoms with Crippen molar-refractivity contribution in [2.75, 3.05) is 5.73 Å². The quantitative estimate of drug-likeness (QED) is 0.637. The second kappa shape index (κ2) is 2.77. The number of hydrogen-bond donors (Lipinski definition) is 1. The number of hydrogen-bond acceptors (Lipinski definition) is 3. The molecular formula is C7H6ClN3. The van der Waals surface area contributed by atoms with E-state index < -0.39 is 0 Å². The molecule has 0 saturated heterocycles. The number of aromatic nitrogens is 1. The normalized spacial score (nSPS) is 9.18. The number of nitriles is 1. The lowest BCUT2D eigenvalue weighted by Crippen LogP contribution is -1.96. The monoisotopic (exact) mass is 167 g/mol. The van der Waals surface area contributed by atoms with Crippen molar-refractivity contribution in [3.05, 3.63) is 22.3 Å². The van der Waals surface area contributed by atoms with E-state index in [1.807, 2.05) is 6.07 Å². The number of nitrogen functional groups attached to an aromatic ring is 1. The molecule has 1 aromatic rings. The van der Waals surface area contributed by atoms with Gasteiger partial charge in [-0.25, -0.2) is 4.98 Å². The van der Waals surface area contributed by atoms with Gasteiger partial charge in [0, 0.05) is 0 Å². The first kappa shape index (κ1) is 7.83. The molecule has 56 valence electrons. The van der Waals surface area contributed by atoms with E-state index in [1.54, 1.807) is 13.0 Å². The number of rotatable bonds is 0. The summed E-state index contributed by atoms with van der Waals surface area (Å²) in [5.41, 5.74) is 6.41. The first-order valence-corrected chi connectivity index (χ1v) is 3.35. The Balaban J connectivity index is 3.35. The maximum atomic E-state index is 8.48. The van der Waals surface area contributed by atoms with Crippen LogP contribution in [0, 0.1) is 18.3 Å². The summed E-state index contributed by atoms with van der Waals surface area (Å²) in [6, 6.07) is 3.47. The van der Waals surface area contributed by atoms with Crippen LogP contribution in [-0.2, 0) is 0 Å². The van der Waals surface area contributed by atoms with Crippen LogP contribution < -0.4 is 5.73 Å². The first-order valence-electron chi connectivity index (χ1n) is 2.98. The lowest BCUT2D eigenvalue weighted by molar-refractivity contribution is 1.23. The third-order valence-electron chi connectivity index (χ3n) is 1.31. The van der Waals surface area contributed by atoms with Crippen LogP contribution in [-0.4, -0.2) is 4.98 Å². The van der Waals surface area contributed by atoms with Gasteiger partial charge < -0.3 is 5.73 Å². The summed E-state index contributed by atoms with van der Waals surface area (Å²) >= 11 is 5.66. The van der Waals surface area contributed by atoms with Gasteiger partial charge in [-0.2, -0.15) is 5.26 Å². The Morgan fingerprint density at radius 1 is 1.73 bits per heavy atom. The topological polar surface area (TPSA) is 62.7 Å². The van der Waals surface area contributed by atoms with Gasteiger partial charge in [0.05, 0.1) is 5.02 Å². The summed E-state index contributed by atoms with van der Waals surface area (Å²) in [5, 5.41) is 8.83. The summed E-state index contributed by atoms with van der Waals surface area (Å²) in [6.45, 7) is 1.79. The Kier molecular flexibility index (Phi) is 1.97. The van der Waals surface area contributed by atoms with E-state index in [0.717, 1.165) is 5.56 Å². The van der Waals surface area contributed by atoms with Crippen molar-refractivity contribution < 1.29 is 0 Å². The maximum Gasteiger partial charge on any atom is 0.161 e. The van der Waals surface area contributed by atoms with E-state index in [1.165, 1.54) is 0 Å². The Morgan fingerprint density at radius 2 is 2.36 bits per heavy atom. The molecule has 0 aliphatic rings. The molecule has 0 bridgehead atoms. The van der Waals surface area contributed by atoms with Gasteiger partial charge in [0.15, 0.2) is 5.69 Å². The van der Waals surface area contributed by atoms with Crippen LogP contribution in [0.15, 0.2) is 6.07 Å². The Morgan fingerprint density at radius 3 is 2.91 bits per heavy atom. The summed E-state index contributed by atoms with van der Waals surface area (Å²) in [5.74, 6) is 0.353. The van der Waals surface area contributed by atoms with Gasteiger partial charge in [0.1, 0.15) is 11.9 Å². The van der Waals surface area contributed by atoms with Crippen LogP contribution in [0.1, 0.15) is 11.3 Å². The van der Waals surface area contributed by atoms with Crippen molar-refractivity contribution in [2.24, 2.45) is 0 Å². The Labute approximate surface area is 69.4 Å². The van der Waals surface area contributed by atoms with Crippen LogP contribution >= 0.6 is 11.6 Å². The van der Waals surface area contributed by atoms with E-state index in [0.29, 0.717) is 10.8 Å². The van der Waals surface area contributed by atoms with Gasteiger partial charge in [0.25, 0.3) is 0 Å². The van der Waals surface area contributed by atoms with E-state index >= 15 is 0 Å². The minimum atomic E-state index is 0.176. The van der Waals surface area contributed by atoms with Gasteiger partial charge in [0.2, 0.25) is 0 Å². The molecule has 0 radical (unpaired) electrons. The van der Waals surface area contributed by atoms with Crippen molar-refractivity contribution in [1.82, 2.24) is 4.98 Å². The lowest BCUT2D eigenvalue weighted by Gasteiger charge is -1.99. The minimum Gasteiger partial charge on any atom is -0.383 e. The molecule has 1 heterocycles. The summed E-state index contributed by atoms with van der Waals surface area (Å²) < 4.78 is 0. The molecular weight excluding hydrogens is 162 g/mol. The van der Waals surface area contributed by atoms with Crippen LogP contribution in [0.2, 0.25) is 5.02 Å². The third-order valence-corrected chi connectivity index (χ3v) is 1.60. The molecule has 0 aliphatic carbocycles. The van der Waals surface area contributed by atoms with E-state index in [2.05, 4.69) is 4.98 Å². The molecule has 1 rings (SSSR count). The van der Waals surface area contributed by atoms with Gasteiger partial charge >= 0.3 is 0 Å². The fourth-order valence-corrected chi connectivity index (χ4v) is 0.921. The molecule has 0 aromatic carbocycles. The van der Waals surface area contributed by atoms with Crippen LogP contribution in [0.4, 0.5) is 5.82 Å². The second-order valence-electron chi connectivity index (χ2n) is 2.13. The zero-order valence-corrected chi connectivity index (χ0v) is 6.68. The van der Waals surface area contributed by atoms with E-state index in [4.69, 9.17) is 22.6 Å². The van der Waals surface area contributed by atoms with Crippen LogP contribution in [0.3, 0.4) is 0 Å². The molecule has 11 heavy (non-hydrogen) atoms. The number of nitrogens with two attached hydrogens (primary N) is 1. The highest BCUT2D eigenvalue weighted by molar-refractivity contribution is 6.31. The van der Waals surface area contributed by atoms with E-state index in [9.17, 15) is 0 Å². The van der Waals surface area contributed by atoms with Gasteiger partial charge in [-0.05, 0) is 18.6 Å². The molecule has 0 spiro atoms. The number of nitrogens with zero attached hydrogens (tertiary/aromatic N) is 2. The largest absolute Gasteiger partial charge is 0.383 e. The molecule has 1 aromatic heterocycles. The van der Waals surface area contributed by atoms with Crippen molar-refractivity contribution in [2.45, 2.75) is 6.92 Å². The smallest absolute Gasteiger partial charge is 0.161 e. The van der Waals surface area contributed by atoms with Crippen molar-refractivity contribution in [3.8, 4) is 6.07 Å². The van der Waals surface area contributed by atoms with Gasteiger partial charge in [-0.1, -0.05) is 11.6 Å². The average Bonchev–Trinajstić information content (AvgIpc) is 1.97. The molecule has 2 N–H and O–H groups in total. The standard InChI is InChI=1S/C7H6ClN3/c1-4-2-5(8)6(3-9)11-7(4)10/h2H,1H3,(H2,10,11). The Hall–Kier alpha value is -1.27. The number of pyridine rings is 1. The van der Waals surface area contributed by atoms with Crippen molar-refractivity contribution >= 4 is 17.4 Å². The van der Waals surface area contributed by atoms with Gasteiger partial charge in [-0.15, -0.1) is 0 Å². The molecule has 4 heteroatoms. The fourth-order valence-electron chi connectivity index (χ4n) is 0.673. The molecule has 0 atom stereocenters. The number of anilines is 1. The van der Waals surface area contributed by atoms with Crippen molar-refractivity contribution in [3.63, 3.8) is 0 Å². The highest BCUT2D eigenvalue weighted by Crippen LogP contribution is 2.17. The molecule has 0 unspecified atom stereocenters. The first-order chi connectivity index (χ1) is 5.15. The second-order valence-corrected chi connectivity index (χ2v) is 2.54. The highest BCUT2D eigenvalue weighted by Gasteiger charge is 2.03. The lowest BCUT2D eigenvalue weighted by atomic mass is 10.2. The van der Waals surface area contributed by atoms with Crippen LogP contribution in [0.25, 0.3) is 0 Å². The fraction of sp³-hybridized carbons (Fsp3) is 0.143. The molecule has 0 fully saturated rings. The number of aryl methyl sites for hydroxylation is 1. The molecule has 0 saturated carbocycles. The summed E-state index contributed by atoms with van der Waals surface area (Å²) in [4.78, 5) is 3.78. The number of halogens is 1. The van der Waals surface area contributed by atoms with Gasteiger partial charge in [-0.3, -0.25) is 0 Å². The van der Waals surface area contributed by atoms with Crippen LogP contribution in [0.5, 0.6) is 0 Å². The maximum absolute atomic E-state index is 8.48. The summed E-state index contributed by atoms with van der Waals surface area (Å²) in [6.07, 6.45) is 0. The zero-order valence-electron chi connectivity index (χ0n) is 5.93. The Bertz CT molecular complexity index is 327. The molecule has 0 amide bonds. The average molecular weight is 168 g/mol. The SMILES string of the molecule is Cc1cc(Cl)c(C#N)nc1N. The predicted octanol–water partition coefficient (Wildman–Crippen LogP) is 1.50.